The van der Waals surface area contributed by atoms with Gasteiger partial charge in [0.1, 0.15) is 11.4 Å². The summed E-state index contributed by atoms with van der Waals surface area (Å²) in [6.45, 7) is 3.31. The van der Waals surface area contributed by atoms with Crippen molar-refractivity contribution in [1.29, 1.82) is 0 Å². The molecule has 1 aliphatic heterocycles. The molecule has 0 saturated carbocycles. The van der Waals surface area contributed by atoms with E-state index < -0.39 is 5.76 Å². The zero-order valence-corrected chi connectivity index (χ0v) is 13.0. The lowest BCUT2D eigenvalue weighted by Crippen LogP contribution is -2.46. The van der Waals surface area contributed by atoms with E-state index in [0.29, 0.717) is 30.4 Å². The monoisotopic (exact) mass is 318 g/mol. The van der Waals surface area contributed by atoms with Gasteiger partial charge in [-0.05, 0) is 24.5 Å². The molecule has 2 aromatic heterocycles. The minimum atomic E-state index is -0.661. The van der Waals surface area contributed by atoms with Gasteiger partial charge in [0.2, 0.25) is 5.82 Å². The van der Waals surface area contributed by atoms with E-state index in [0.717, 1.165) is 6.42 Å². The Morgan fingerprint density at radius 2 is 2.26 bits per heavy atom. The van der Waals surface area contributed by atoms with Crippen LogP contribution in [0.1, 0.15) is 23.8 Å². The number of H-pyrrole nitrogens is 1. The average molecular weight is 318 g/mol. The molecule has 1 saturated heterocycles. The number of likely N-dealkylation sites (tertiary alicyclic amines) is 1. The first-order chi connectivity index (χ1) is 11.1. The SMILES string of the molecule is COC1CC(C)CN(C(=O)c2cccc(-c3noc(=O)[nH]3)n2)C1. The molecule has 23 heavy (non-hydrogen) atoms. The lowest BCUT2D eigenvalue weighted by molar-refractivity contribution is 0.0114. The second-order valence-corrected chi connectivity index (χ2v) is 5.76. The molecule has 122 valence electrons. The number of aromatic amines is 1. The van der Waals surface area contributed by atoms with E-state index in [4.69, 9.17) is 4.74 Å². The minimum Gasteiger partial charge on any atom is -0.380 e. The fourth-order valence-corrected chi connectivity index (χ4v) is 2.82. The van der Waals surface area contributed by atoms with E-state index in [-0.39, 0.29) is 17.8 Å². The Bertz CT molecular complexity index is 754. The van der Waals surface area contributed by atoms with Crippen LogP contribution < -0.4 is 5.76 Å². The number of pyridine rings is 1. The molecule has 3 heterocycles. The van der Waals surface area contributed by atoms with Gasteiger partial charge in [-0.1, -0.05) is 18.1 Å². The smallest absolute Gasteiger partial charge is 0.380 e. The number of nitrogens with one attached hydrogen (secondary N) is 1. The van der Waals surface area contributed by atoms with Crippen LogP contribution in [0, 0.1) is 5.92 Å². The van der Waals surface area contributed by atoms with E-state index in [1.54, 1.807) is 30.2 Å². The molecule has 3 rings (SSSR count). The van der Waals surface area contributed by atoms with Crippen LogP contribution in [0.4, 0.5) is 0 Å². The Kier molecular flexibility index (Phi) is 4.24. The van der Waals surface area contributed by atoms with Crippen molar-refractivity contribution in [3.8, 4) is 11.5 Å². The number of carbonyl (C=O) groups is 1. The van der Waals surface area contributed by atoms with Gasteiger partial charge >= 0.3 is 5.76 Å². The van der Waals surface area contributed by atoms with Crippen LogP contribution in [0.3, 0.4) is 0 Å². The molecular weight excluding hydrogens is 300 g/mol. The molecule has 1 amide bonds. The number of carbonyl (C=O) groups excluding carboxylic acids is 1. The number of hydrogen-bond acceptors (Lipinski definition) is 6. The van der Waals surface area contributed by atoms with Gasteiger partial charge in [0, 0.05) is 20.2 Å². The molecule has 2 unspecified atom stereocenters. The lowest BCUT2D eigenvalue weighted by atomic mass is 9.97. The quantitative estimate of drug-likeness (QED) is 0.903. The summed E-state index contributed by atoms with van der Waals surface area (Å²) in [5.41, 5.74) is 0.686. The lowest BCUT2D eigenvalue weighted by Gasteiger charge is -2.35. The maximum absolute atomic E-state index is 12.7. The fraction of sp³-hybridized carbons (Fsp3) is 0.467. The number of hydrogen-bond donors (Lipinski definition) is 1. The summed E-state index contributed by atoms with van der Waals surface area (Å²) >= 11 is 0. The van der Waals surface area contributed by atoms with Gasteiger partial charge in [0.15, 0.2) is 0 Å². The molecule has 8 heteroatoms. The summed E-state index contributed by atoms with van der Waals surface area (Å²) in [5.74, 6) is -0.253. The van der Waals surface area contributed by atoms with Crippen LogP contribution >= 0.6 is 0 Å². The summed E-state index contributed by atoms with van der Waals surface area (Å²) in [6, 6.07) is 5.00. The molecule has 2 atom stereocenters. The van der Waals surface area contributed by atoms with Gasteiger partial charge in [-0.25, -0.2) is 9.78 Å². The number of aromatic nitrogens is 3. The number of ether oxygens (including phenoxy) is 1. The average Bonchev–Trinajstić information content (AvgIpc) is 3.00. The highest BCUT2D eigenvalue weighted by atomic mass is 16.5. The first-order valence-corrected chi connectivity index (χ1v) is 7.42. The molecular formula is C15H18N4O4. The van der Waals surface area contributed by atoms with E-state index in [2.05, 4.69) is 26.6 Å². The maximum atomic E-state index is 12.7. The van der Waals surface area contributed by atoms with Gasteiger partial charge < -0.3 is 9.64 Å². The second kappa shape index (κ2) is 6.33. The van der Waals surface area contributed by atoms with Crippen LogP contribution in [0.15, 0.2) is 27.5 Å². The third-order valence-electron chi connectivity index (χ3n) is 3.89. The van der Waals surface area contributed by atoms with Crippen LogP contribution in [-0.2, 0) is 4.74 Å². The number of rotatable bonds is 3. The predicted octanol–water partition coefficient (Wildman–Crippen LogP) is 0.922. The third-order valence-corrected chi connectivity index (χ3v) is 3.89. The van der Waals surface area contributed by atoms with Crippen molar-refractivity contribution in [1.82, 2.24) is 20.0 Å². The zero-order chi connectivity index (χ0) is 16.4. The Morgan fingerprint density at radius 3 is 2.96 bits per heavy atom. The van der Waals surface area contributed by atoms with Gasteiger partial charge in [0.25, 0.3) is 5.91 Å². The molecule has 0 bridgehead atoms. The summed E-state index contributed by atoms with van der Waals surface area (Å²) in [5, 5.41) is 3.59. The van der Waals surface area contributed by atoms with Crippen LogP contribution in [0.25, 0.3) is 11.5 Å². The van der Waals surface area contributed by atoms with Crippen molar-refractivity contribution in [2.24, 2.45) is 5.92 Å². The first kappa shape index (κ1) is 15.4. The van der Waals surface area contributed by atoms with Crippen molar-refractivity contribution in [3.05, 3.63) is 34.4 Å². The largest absolute Gasteiger partial charge is 0.439 e. The van der Waals surface area contributed by atoms with Gasteiger partial charge in [0.05, 0.1) is 6.10 Å². The summed E-state index contributed by atoms with van der Waals surface area (Å²) < 4.78 is 9.86. The second-order valence-electron chi connectivity index (χ2n) is 5.76. The van der Waals surface area contributed by atoms with E-state index in [1.807, 2.05) is 0 Å². The van der Waals surface area contributed by atoms with E-state index in [9.17, 15) is 9.59 Å². The topological polar surface area (TPSA) is 101 Å². The van der Waals surface area contributed by atoms with Gasteiger partial charge in [-0.15, -0.1) is 0 Å². The van der Waals surface area contributed by atoms with Crippen molar-refractivity contribution < 1.29 is 14.1 Å². The number of piperidine rings is 1. The normalized spacial score (nSPS) is 21.4. The molecule has 2 aromatic rings. The zero-order valence-electron chi connectivity index (χ0n) is 13.0. The number of nitrogens with zero attached hydrogens (tertiary/aromatic N) is 3. The Labute approximate surface area is 132 Å². The van der Waals surface area contributed by atoms with Crippen molar-refractivity contribution in [2.75, 3.05) is 20.2 Å². The van der Waals surface area contributed by atoms with Crippen molar-refractivity contribution in [3.63, 3.8) is 0 Å². The van der Waals surface area contributed by atoms with E-state index in [1.165, 1.54) is 0 Å². The summed E-state index contributed by atoms with van der Waals surface area (Å²) in [7, 11) is 1.66. The summed E-state index contributed by atoms with van der Waals surface area (Å²) in [4.78, 5) is 32.2. The van der Waals surface area contributed by atoms with Crippen molar-refractivity contribution >= 4 is 5.91 Å². The molecule has 8 nitrogen and oxygen atoms in total. The van der Waals surface area contributed by atoms with Gasteiger partial charge in [-0.2, -0.15) is 0 Å². The Hall–Kier alpha value is -2.48. The highest BCUT2D eigenvalue weighted by Crippen LogP contribution is 2.20. The molecule has 1 aliphatic rings. The highest BCUT2D eigenvalue weighted by Gasteiger charge is 2.29. The third kappa shape index (κ3) is 3.31. The van der Waals surface area contributed by atoms with Crippen LogP contribution in [0.5, 0.6) is 0 Å². The Balaban J connectivity index is 1.83. The molecule has 0 radical (unpaired) electrons. The number of amides is 1. The van der Waals surface area contributed by atoms with Crippen LogP contribution in [-0.4, -0.2) is 52.2 Å². The molecule has 1 N–H and O–H groups in total. The fourth-order valence-electron chi connectivity index (χ4n) is 2.82. The molecule has 0 aliphatic carbocycles. The van der Waals surface area contributed by atoms with E-state index >= 15 is 0 Å². The standard InChI is InChI=1S/C15H18N4O4/c1-9-6-10(22-2)8-19(7-9)14(20)12-5-3-4-11(16-12)13-17-15(21)23-18-13/h3-5,9-10H,6-8H2,1-2H3,(H,17,18,21). The van der Waals surface area contributed by atoms with Gasteiger partial charge in [-0.3, -0.25) is 14.3 Å². The molecule has 0 spiro atoms. The van der Waals surface area contributed by atoms with Crippen LogP contribution in [0.2, 0.25) is 0 Å². The van der Waals surface area contributed by atoms with Crippen molar-refractivity contribution in [2.45, 2.75) is 19.4 Å². The Morgan fingerprint density at radius 1 is 1.43 bits per heavy atom. The summed E-state index contributed by atoms with van der Waals surface area (Å²) in [6.07, 6.45) is 0.978. The molecule has 0 aromatic carbocycles. The highest BCUT2D eigenvalue weighted by molar-refractivity contribution is 5.92. The predicted molar refractivity (Wildman–Crippen MR) is 80.8 cm³/mol. The number of methoxy groups -OCH3 is 1. The maximum Gasteiger partial charge on any atom is 0.439 e. The minimum absolute atomic E-state index is 0.0396. The first-order valence-electron chi connectivity index (χ1n) is 7.42. The molecule has 1 fully saturated rings.